The number of benzene rings is 1. The molecule has 2 aliphatic rings. The minimum atomic E-state index is -0.492. The highest BCUT2D eigenvalue weighted by Crippen LogP contribution is 2.25. The van der Waals surface area contributed by atoms with Crippen molar-refractivity contribution in [1.82, 2.24) is 14.7 Å². The van der Waals surface area contributed by atoms with Crippen molar-refractivity contribution in [3.8, 4) is 0 Å². The molecule has 0 atom stereocenters. The molecular weight excluding hydrogens is 362 g/mol. The molecule has 2 fully saturated rings. The quantitative estimate of drug-likeness (QED) is 0.628. The van der Waals surface area contributed by atoms with Gasteiger partial charge < -0.3 is 15.1 Å². The van der Waals surface area contributed by atoms with E-state index in [1.807, 2.05) is 14.7 Å². The molecule has 2 heterocycles. The largest absolute Gasteiger partial charge is 0.325 e. The standard InChI is InChI=1S/C19H27N5O4/c1-15-5-6-16(17(13-15)24(27)28)20-18(25)14-21-9-11-23(12-10-21)19(26)22-7-3-2-4-8-22/h5-6,13H,2-4,7-12,14H2,1H3,(H,20,25). The first kappa shape index (κ1) is 20.1. The van der Waals surface area contributed by atoms with Crippen molar-refractivity contribution in [3.05, 3.63) is 33.9 Å². The van der Waals surface area contributed by atoms with Gasteiger partial charge in [0.2, 0.25) is 5.91 Å². The highest BCUT2D eigenvalue weighted by molar-refractivity contribution is 5.94. The Bertz CT molecular complexity index is 740. The molecule has 1 N–H and O–H groups in total. The molecule has 9 heteroatoms. The summed E-state index contributed by atoms with van der Waals surface area (Å²) in [5.74, 6) is -0.289. The molecule has 0 aliphatic carbocycles. The van der Waals surface area contributed by atoms with Gasteiger partial charge in [-0.2, -0.15) is 0 Å². The summed E-state index contributed by atoms with van der Waals surface area (Å²) >= 11 is 0. The van der Waals surface area contributed by atoms with Crippen LogP contribution < -0.4 is 5.32 Å². The van der Waals surface area contributed by atoms with Gasteiger partial charge in [0, 0.05) is 45.3 Å². The fourth-order valence-corrected chi connectivity index (χ4v) is 3.67. The van der Waals surface area contributed by atoms with Crippen LogP contribution in [-0.2, 0) is 4.79 Å². The maximum atomic E-state index is 12.5. The van der Waals surface area contributed by atoms with Crippen molar-refractivity contribution in [2.24, 2.45) is 0 Å². The molecule has 0 spiro atoms. The zero-order chi connectivity index (χ0) is 20.1. The Labute approximate surface area is 164 Å². The van der Waals surface area contributed by atoms with Crippen molar-refractivity contribution in [2.75, 3.05) is 51.1 Å². The molecule has 152 valence electrons. The Morgan fingerprint density at radius 3 is 2.32 bits per heavy atom. The topological polar surface area (TPSA) is 99.0 Å². The van der Waals surface area contributed by atoms with E-state index in [9.17, 15) is 19.7 Å². The van der Waals surface area contributed by atoms with E-state index in [4.69, 9.17) is 0 Å². The van der Waals surface area contributed by atoms with Gasteiger partial charge in [0.15, 0.2) is 0 Å². The number of hydrogen-bond donors (Lipinski definition) is 1. The second-order valence-corrected chi connectivity index (χ2v) is 7.42. The van der Waals surface area contributed by atoms with Gasteiger partial charge >= 0.3 is 6.03 Å². The third-order valence-electron chi connectivity index (χ3n) is 5.26. The summed E-state index contributed by atoms with van der Waals surface area (Å²) in [5.41, 5.74) is 0.865. The van der Waals surface area contributed by atoms with Gasteiger partial charge in [0.1, 0.15) is 5.69 Å². The Morgan fingerprint density at radius 2 is 1.68 bits per heavy atom. The number of nitrogens with one attached hydrogen (secondary N) is 1. The molecule has 0 radical (unpaired) electrons. The van der Waals surface area contributed by atoms with Crippen LogP contribution in [0.15, 0.2) is 18.2 Å². The fraction of sp³-hybridized carbons (Fsp3) is 0.579. The van der Waals surface area contributed by atoms with E-state index in [0.717, 1.165) is 31.5 Å². The second-order valence-electron chi connectivity index (χ2n) is 7.42. The second kappa shape index (κ2) is 9.01. The van der Waals surface area contributed by atoms with Crippen LogP contribution in [-0.4, -0.2) is 77.4 Å². The van der Waals surface area contributed by atoms with Crippen LogP contribution in [0.4, 0.5) is 16.2 Å². The number of carbonyl (C=O) groups excluding carboxylic acids is 2. The lowest BCUT2D eigenvalue weighted by molar-refractivity contribution is -0.384. The first-order valence-corrected chi connectivity index (χ1v) is 9.75. The average Bonchev–Trinajstić information content (AvgIpc) is 2.70. The van der Waals surface area contributed by atoms with E-state index in [-0.39, 0.29) is 29.9 Å². The van der Waals surface area contributed by atoms with E-state index in [0.29, 0.717) is 26.2 Å². The highest BCUT2D eigenvalue weighted by Gasteiger charge is 2.27. The lowest BCUT2D eigenvalue weighted by atomic mass is 10.1. The molecule has 0 bridgehead atoms. The summed E-state index contributed by atoms with van der Waals surface area (Å²) in [4.78, 5) is 41.3. The summed E-state index contributed by atoms with van der Waals surface area (Å²) in [5, 5.41) is 13.8. The SMILES string of the molecule is Cc1ccc(NC(=O)CN2CCN(C(=O)N3CCCCC3)CC2)c([N+](=O)[O-])c1. The van der Waals surface area contributed by atoms with E-state index >= 15 is 0 Å². The predicted octanol–water partition coefficient (Wildman–Crippen LogP) is 2.07. The van der Waals surface area contributed by atoms with Crippen molar-refractivity contribution in [1.29, 1.82) is 0 Å². The number of rotatable bonds is 4. The molecule has 3 amide bonds. The smallest absolute Gasteiger partial charge is 0.320 e. The van der Waals surface area contributed by atoms with Crippen molar-refractivity contribution < 1.29 is 14.5 Å². The first-order valence-electron chi connectivity index (χ1n) is 9.75. The molecule has 2 saturated heterocycles. The zero-order valence-corrected chi connectivity index (χ0v) is 16.2. The number of nitrogens with zero attached hydrogens (tertiary/aromatic N) is 4. The van der Waals surface area contributed by atoms with Crippen molar-refractivity contribution in [3.63, 3.8) is 0 Å². The summed E-state index contributed by atoms with van der Waals surface area (Å²) < 4.78 is 0. The Balaban J connectivity index is 1.49. The molecule has 28 heavy (non-hydrogen) atoms. The molecule has 1 aromatic rings. The lowest BCUT2D eigenvalue weighted by Gasteiger charge is -2.38. The van der Waals surface area contributed by atoms with E-state index in [1.54, 1.807) is 19.1 Å². The number of nitro benzene ring substituents is 1. The number of likely N-dealkylation sites (tertiary alicyclic amines) is 1. The monoisotopic (exact) mass is 389 g/mol. The summed E-state index contributed by atoms with van der Waals surface area (Å²) in [7, 11) is 0. The third kappa shape index (κ3) is 4.98. The minimum absolute atomic E-state index is 0.0964. The number of carbonyl (C=O) groups is 2. The van der Waals surface area contributed by atoms with E-state index in [1.165, 1.54) is 12.5 Å². The van der Waals surface area contributed by atoms with Crippen LogP contribution >= 0.6 is 0 Å². The summed E-state index contributed by atoms with van der Waals surface area (Å²) in [6, 6.07) is 4.83. The Morgan fingerprint density at radius 1 is 1.04 bits per heavy atom. The normalized spacial score (nSPS) is 18.0. The van der Waals surface area contributed by atoms with Crippen LogP contribution in [0.25, 0.3) is 0 Å². The number of aryl methyl sites for hydroxylation is 1. The number of nitro groups is 1. The van der Waals surface area contributed by atoms with Crippen molar-refractivity contribution in [2.45, 2.75) is 26.2 Å². The van der Waals surface area contributed by atoms with Gasteiger partial charge in [-0.05, 0) is 37.8 Å². The van der Waals surface area contributed by atoms with Crippen LogP contribution in [0.3, 0.4) is 0 Å². The summed E-state index contributed by atoms with van der Waals surface area (Å²) in [6.45, 7) is 5.99. The highest BCUT2D eigenvalue weighted by atomic mass is 16.6. The maximum Gasteiger partial charge on any atom is 0.320 e. The fourth-order valence-electron chi connectivity index (χ4n) is 3.67. The molecule has 9 nitrogen and oxygen atoms in total. The number of anilines is 1. The van der Waals surface area contributed by atoms with Crippen LogP contribution in [0.1, 0.15) is 24.8 Å². The Hall–Kier alpha value is -2.68. The van der Waals surface area contributed by atoms with Crippen LogP contribution in [0.2, 0.25) is 0 Å². The number of urea groups is 1. The van der Waals surface area contributed by atoms with E-state index in [2.05, 4.69) is 5.32 Å². The molecule has 0 aromatic heterocycles. The van der Waals surface area contributed by atoms with Gasteiger partial charge in [-0.3, -0.25) is 19.8 Å². The lowest BCUT2D eigenvalue weighted by Crippen LogP contribution is -2.54. The van der Waals surface area contributed by atoms with E-state index < -0.39 is 4.92 Å². The molecular formula is C19H27N5O4. The van der Waals surface area contributed by atoms with Gasteiger partial charge in [0.05, 0.1) is 11.5 Å². The molecule has 0 saturated carbocycles. The molecule has 3 rings (SSSR count). The van der Waals surface area contributed by atoms with Crippen LogP contribution in [0, 0.1) is 17.0 Å². The Kier molecular flexibility index (Phi) is 6.45. The van der Waals surface area contributed by atoms with Gasteiger partial charge in [-0.1, -0.05) is 6.07 Å². The van der Waals surface area contributed by atoms with Crippen molar-refractivity contribution >= 4 is 23.3 Å². The van der Waals surface area contributed by atoms with Crippen LogP contribution in [0.5, 0.6) is 0 Å². The zero-order valence-electron chi connectivity index (χ0n) is 16.2. The summed E-state index contributed by atoms with van der Waals surface area (Å²) in [6.07, 6.45) is 3.32. The van der Waals surface area contributed by atoms with Gasteiger partial charge in [0.25, 0.3) is 5.69 Å². The number of piperidine rings is 1. The maximum absolute atomic E-state index is 12.5. The molecule has 0 unspecified atom stereocenters. The van der Waals surface area contributed by atoms with Gasteiger partial charge in [-0.25, -0.2) is 4.79 Å². The molecule has 1 aromatic carbocycles. The molecule has 2 aliphatic heterocycles. The number of amides is 3. The minimum Gasteiger partial charge on any atom is -0.325 e. The van der Waals surface area contributed by atoms with Gasteiger partial charge in [-0.15, -0.1) is 0 Å². The average molecular weight is 389 g/mol. The number of piperazine rings is 1. The number of hydrogen-bond acceptors (Lipinski definition) is 5. The first-order chi connectivity index (χ1) is 13.4. The predicted molar refractivity (Wildman–Crippen MR) is 105 cm³/mol. The third-order valence-corrected chi connectivity index (χ3v) is 5.26.